The third-order valence-corrected chi connectivity index (χ3v) is 9.32. The van der Waals surface area contributed by atoms with E-state index >= 15 is 0 Å². The first kappa shape index (κ1) is 23.7. The molecular weight excluding hydrogens is 390 g/mol. The van der Waals surface area contributed by atoms with Crippen molar-refractivity contribution in [3.8, 4) is 0 Å². The van der Waals surface area contributed by atoms with Gasteiger partial charge >= 0.3 is 17.7 Å². The van der Waals surface area contributed by atoms with Crippen LogP contribution in [0.25, 0.3) is 0 Å². The van der Waals surface area contributed by atoms with E-state index in [1.807, 2.05) is 0 Å². The number of nitro groups is 2. The third kappa shape index (κ3) is 6.65. The Morgan fingerprint density at radius 3 is 2.36 bits per heavy atom. The van der Waals surface area contributed by atoms with Gasteiger partial charge in [-0.25, -0.2) is 4.57 Å². The van der Waals surface area contributed by atoms with Crippen LogP contribution in [0.3, 0.4) is 0 Å². The van der Waals surface area contributed by atoms with Crippen LogP contribution in [0.2, 0.25) is 18.1 Å². The maximum Gasteiger partial charge on any atom is 0.439 e. The van der Waals surface area contributed by atoms with Crippen molar-refractivity contribution in [2.75, 3.05) is 26.2 Å². The van der Waals surface area contributed by atoms with Crippen LogP contribution >= 0.6 is 0 Å². The number of rotatable bonds is 11. The van der Waals surface area contributed by atoms with E-state index in [9.17, 15) is 25.0 Å². The first-order chi connectivity index (χ1) is 12.7. The summed E-state index contributed by atoms with van der Waals surface area (Å²) in [6.45, 7) is 11.0. The Labute approximate surface area is 163 Å². The molecule has 158 valence electrons. The number of carboxylic acids is 1. The molecule has 0 aliphatic heterocycles. The first-order valence-electron chi connectivity index (χ1n) is 8.68. The Balaban J connectivity index is 2.79. The fourth-order valence-corrected chi connectivity index (χ4v) is 3.18. The summed E-state index contributed by atoms with van der Waals surface area (Å²) in [5.41, 5.74) is 0. The molecule has 0 saturated carbocycles. The van der Waals surface area contributed by atoms with Crippen LogP contribution in [0.5, 0.6) is 0 Å². The van der Waals surface area contributed by atoms with Gasteiger partial charge in [0, 0.05) is 19.7 Å². The zero-order chi connectivity index (χ0) is 21.7. The SMILES string of the molecule is CC(C)(C)[Si](C)(C)OCCN(CCn1cc([N+](=O)[O-])nc1[N+](=O)[O-])CC(=O)O. The average Bonchev–Trinajstić information content (AvgIpc) is 2.95. The van der Waals surface area contributed by atoms with E-state index in [1.165, 1.54) is 0 Å². The minimum Gasteiger partial charge on any atom is -0.480 e. The van der Waals surface area contributed by atoms with Crippen molar-refractivity contribution in [2.24, 2.45) is 0 Å². The lowest BCUT2D eigenvalue weighted by molar-refractivity contribution is -0.403. The lowest BCUT2D eigenvalue weighted by atomic mass is 10.2. The number of aliphatic carboxylic acids is 1. The van der Waals surface area contributed by atoms with Gasteiger partial charge in [0.2, 0.25) is 0 Å². The topological polar surface area (TPSA) is 154 Å². The summed E-state index contributed by atoms with van der Waals surface area (Å²) in [7, 11) is -1.99. The average molecular weight is 417 g/mol. The lowest BCUT2D eigenvalue weighted by Crippen LogP contribution is -2.43. The third-order valence-electron chi connectivity index (χ3n) is 4.79. The van der Waals surface area contributed by atoms with Crippen molar-refractivity contribution >= 4 is 26.1 Å². The van der Waals surface area contributed by atoms with Gasteiger partial charge in [0.05, 0.1) is 13.1 Å². The van der Waals surface area contributed by atoms with Crippen LogP contribution in [-0.4, -0.2) is 69.9 Å². The Morgan fingerprint density at radius 1 is 1.29 bits per heavy atom. The van der Waals surface area contributed by atoms with Crippen LogP contribution in [0, 0.1) is 20.2 Å². The number of aromatic nitrogens is 2. The molecular formula is C15H27N5O7Si. The van der Waals surface area contributed by atoms with Crippen molar-refractivity contribution in [2.45, 2.75) is 45.4 Å². The highest BCUT2D eigenvalue weighted by Crippen LogP contribution is 2.36. The standard InChI is InChI=1S/C15H27N5O7Si/c1-15(2,3)28(4,5)27-9-8-17(11-13(21)22)6-7-18-10-12(19(23)24)16-14(18)20(25)26/h10H,6-9,11H2,1-5H3,(H,21,22). The predicted octanol–water partition coefficient (Wildman–Crippen LogP) is 2.11. The van der Waals surface area contributed by atoms with Crippen LogP contribution in [0.1, 0.15) is 20.8 Å². The number of imidazole rings is 1. The Hall–Kier alpha value is -2.38. The van der Waals surface area contributed by atoms with Gasteiger partial charge in [-0.05, 0) is 33.0 Å². The fraction of sp³-hybridized carbons (Fsp3) is 0.733. The Bertz CT molecular complexity index is 729. The van der Waals surface area contributed by atoms with Gasteiger partial charge in [0.15, 0.2) is 14.5 Å². The van der Waals surface area contributed by atoms with E-state index in [0.717, 1.165) is 10.8 Å². The fourth-order valence-electron chi connectivity index (χ4n) is 2.15. The minimum absolute atomic E-state index is 0.00940. The molecule has 0 aliphatic carbocycles. The molecule has 28 heavy (non-hydrogen) atoms. The zero-order valence-corrected chi connectivity index (χ0v) is 17.7. The van der Waals surface area contributed by atoms with Crippen LogP contribution in [0.4, 0.5) is 11.8 Å². The van der Waals surface area contributed by atoms with E-state index in [4.69, 9.17) is 9.53 Å². The van der Waals surface area contributed by atoms with Gasteiger partial charge in [-0.15, -0.1) is 0 Å². The molecule has 1 N–H and O–H groups in total. The summed E-state index contributed by atoms with van der Waals surface area (Å²) in [6.07, 6.45) is 0.975. The normalized spacial score (nSPS) is 12.4. The number of hydrogen-bond acceptors (Lipinski definition) is 8. The molecule has 1 rings (SSSR count). The van der Waals surface area contributed by atoms with Crippen molar-refractivity contribution in [3.05, 3.63) is 26.4 Å². The van der Waals surface area contributed by atoms with Crippen LogP contribution < -0.4 is 0 Å². The Morgan fingerprint density at radius 2 is 1.89 bits per heavy atom. The van der Waals surface area contributed by atoms with E-state index in [2.05, 4.69) is 38.8 Å². The number of hydrogen-bond donors (Lipinski definition) is 1. The smallest absolute Gasteiger partial charge is 0.439 e. The van der Waals surface area contributed by atoms with Gasteiger partial charge < -0.3 is 29.8 Å². The summed E-state index contributed by atoms with van der Waals surface area (Å²) in [5, 5.41) is 30.9. The molecule has 1 heterocycles. The highest BCUT2D eigenvalue weighted by Gasteiger charge is 2.37. The summed E-state index contributed by atoms with van der Waals surface area (Å²) < 4.78 is 7.09. The van der Waals surface area contributed by atoms with E-state index in [-0.39, 0.29) is 24.7 Å². The van der Waals surface area contributed by atoms with Gasteiger partial charge in [-0.3, -0.25) is 9.69 Å². The zero-order valence-electron chi connectivity index (χ0n) is 16.7. The molecule has 0 aromatic carbocycles. The second kappa shape index (κ2) is 9.21. The highest BCUT2D eigenvalue weighted by atomic mass is 28.4. The molecule has 0 aliphatic rings. The number of carbonyl (C=O) groups is 1. The minimum atomic E-state index is -1.99. The van der Waals surface area contributed by atoms with Crippen molar-refractivity contribution in [1.29, 1.82) is 0 Å². The molecule has 0 atom stereocenters. The quantitative estimate of drug-likeness (QED) is 0.324. The second-order valence-electron chi connectivity index (χ2n) is 7.89. The van der Waals surface area contributed by atoms with Crippen molar-refractivity contribution in [3.63, 3.8) is 0 Å². The largest absolute Gasteiger partial charge is 0.480 e. The first-order valence-corrected chi connectivity index (χ1v) is 11.6. The van der Waals surface area contributed by atoms with Crippen LogP contribution in [-0.2, 0) is 15.8 Å². The van der Waals surface area contributed by atoms with Gasteiger partial charge in [-0.1, -0.05) is 20.8 Å². The molecule has 13 heteroatoms. The van der Waals surface area contributed by atoms with E-state index < -0.39 is 35.9 Å². The molecule has 12 nitrogen and oxygen atoms in total. The molecule has 0 fully saturated rings. The number of carboxylic acid groups (broad SMARTS) is 1. The molecule has 0 saturated heterocycles. The summed E-state index contributed by atoms with van der Waals surface area (Å²) in [5.74, 6) is -2.32. The van der Waals surface area contributed by atoms with Crippen molar-refractivity contribution in [1.82, 2.24) is 14.5 Å². The molecule has 0 radical (unpaired) electrons. The monoisotopic (exact) mass is 417 g/mol. The van der Waals surface area contributed by atoms with E-state index in [1.54, 1.807) is 4.90 Å². The summed E-state index contributed by atoms with van der Waals surface area (Å²) in [4.78, 5) is 36.3. The van der Waals surface area contributed by atoms with Gasteiger partial charge in [-0.2, -0.15) is 0 Å². The van der Waals surface area contributed by atoms with Crippen molar-refractivity contribution < 1.29 is 24.2 Å². The van der Waals surface area contributed by atoms with Gasteiger partial charge in [0.25, 0.3) is 0 Å². The highest BCUT2D eigenvalue weighted by molar-refractivity contribution is 6.74. The molecule has 0 spiro atoms. The summed E-state index contributed by atoms with van der Waals surface area (Å²) in [6, 6.07) is 0. The van der Waals surface area contributed by atoms with Gasteiger partial charge in [0.1, 0.15) is 0 Å². The molecule has 1 aromatic heterocycles. The molecule has 1 aromatic rings. The molecule has 0 bridgehead atoms. The Kier molecular flexibility index (Phi) is 7.78. The summed E-state index contributed by atoms with van der Waals surface area (Å²) >= 11 is 0. The molecule has 0 amide bonds. The van der Waals surface area contributed by atoms with E-state index in [0.29, 0.717) is 13.2 Å². The maximum absolute atomic E-state index is 11.1. The second-order valence-corrected chi connectivity index (χ2v) is 12.7. The molecule has 0 unspecified atom stereocenters. The predicted molar refractivity (Wildman–Crippen MR) is 103 cm³/mol. The number of nitrogens with zero attached hydrogens (tertiary/aromatic N) is 5. The maximum atomic E-state index is 11.1. The lowest BCUT2D eigenvalue weighted by Gasteiger charge is -2.36. The van der Waals surface area contributed by atoms with Crippen LogP contribution in [0.15, 0.2) is 6.20 Å².